The number of rotatable bonds is 3. The van der Waals surface area contributed by atoms with E-state index in [4.69, 9.17) is 23.1 Å². The van der Waals surface area contributed by atoms with Gasteiger partial charge in [-0.1, -0.05) is 36.4 Å². The minimum Gasteiger partial charge on any atom is -0.508 e. The molecular weight excluding hydrogens is 442 g/mol. The molecule has 1 heterocycles. The fourth-order valence-electron chi connectivity index (χ4n) is 2.91. The van der Waals surface area contributed by atoms with E-state index in [-0.39, 0.29) is 11.3 Å². The minimum atomic E-state index is -4.94. The Balaban J connectivity index is 0.000000523. The predicted octanol–water partition coefficient (Wildman–Crippen LogP) is -1.94. The molecule has 0 aliphatic carbocycles. The molecule has 164 valence electrons. The summed E-state index contributed by atoms with van der Waals surface area (Å²) in [5, 5.41) is 20.5. The molecule has 9 nitrogen and oxygen atoms in total. The van der Waals surface area contributed by atoms with E-state index >= 15 is 0 Å². The number of hydrogen-bond acceptors (Lipinski definition) is 7. The van der Waals surface area contributed by atoms with Crippen LogP contribution in [0.3, 0.4) is 0 Å². The number of aromatic carboxylic acids is 1. The van der Waals surface area contributed by atoms with Crippen LogP contribution in [0.25, 0.3) is 22.3 Å². The molecule has 0 bridgehead atoms. The van der Waals surface area contributed by atoms with Crippen molar-refractivity contribution < 1.29 is 53.3 Å². The maximum absolute atomic E-state index is 11.2. The van der Waals surface area contributed by atoms with Gasteiger partial charge < -0.3 is 14.6 Å². The normalized spacial score (nSPS) is 11.7. The third kappa shape index (κ3) is 6.38. The molecule has 0 spiro atoms. The Bertz CT molecular complexity index is 1310. The van der Waals surface area contributed by atoms with E-state index in [0.717, 1.165) is 5.56 Å². The predicted molar refractivity (Wildman–Crippen MR) is 100 cm³/mol. The van der Waals surface area contributed by atoms with Crippen molar-refractivity contribution in [2.24, 2.45) is 0 Å². The van der Waals surface area contributed by atoms with Crippen molar-refractivity contribution in [2.45, 2.75) is 0 Å². The first kappa shape index (κ1) is 22.9. The Morgan fingerprint density at radius 2 is 1.56 bits per heavy atom. The highest BCUT2D eigenvalue weighted by atomic mass is 35.7. The Morgan fingerprint density at radius 3 is 2.22 bits per heavy atom. The lowest BCUT2D eigenvalue weighted by Crippen LogP contribution is -2.70. The zero-order chi connectivity index (χ0) is 23.3. The van der Waals surface area contributed by atoms with E-state index in [2.05, 4.69) is 4.99 Å². The van der Waals surface area contributed by atoms with Crippen LogP contribution in [0.5, 0.6) is 5.75 Å². The second-order valence-electron chi connectivity index (χ2n) is 6.46. The number of carbonyl (C=O) groups is 1. The third-order valence-electron chi connectivity index (χ3n) is 4.20. The Morgan fingerprint density at radius 1 is 0.875 bits per heavy atom. The first-order chi connectivity index (χ1) is 15.1. The van der Waals surface area contributed by atoms with Crippen molar-refractivity contribution in [2.75, 3.05) is 0 Å². The van der Waals surface area contributed by atoms with Gasteiger partial charge in [-0.25, -0.2) is 28.4 Å². The lowest BCUT2D eigenvalue weighted by atomic mass is 10.1. The van der Waals surface area contributed by atoms with Crippen LogP contribution in [0.1, 0.15) is 10.4 Å². The zero-order valence-corrected chi connectivity index (χ0v) is 17.0. The Kier molecular flexibility index (Phi) is 6.89. The fraction of sp³-hybridized carbons (Fsp3) is 0. The number of benzene rings is 3. The van der Waals surface area contributed by atoms with Crippen molar-refractivity contribution in [1.82, 2.24) is 0 Å². The summed E-state index contributed by atoms with van der Waals surface area (Å²) >= 11 is 0. The van der Waals surface area contributed by atoms with Gasteiger partial charge in [0.15, 0.2) is 0 Å². The molecule has 0 aliphatic rings. The van der Waals surface area contributed by atoms with Gasteiger partial charge in [0.25, 0.3) is 0 Å². The zero-order valence-electron chi connectivity index (χ0n) is 16.2. The molecule has 10 heteroatoms. The van der Waals surface area contributed by atoms with Gasteiger partial charge in [-0.3, -0.25) is 0 Å². The monoisotopic (exact) mass is 457 g/mol. The van der Waals surface area contributed by atoms with E-state index in [1.54, 1.807) is 36.4 Å². The summed E-state index contributed by atoms with van der Waals surface area (Å²) in [4.78, 5) is 14.5. The van der Waals surface area contributed by atoms with Crippen molar-refractivity contribution in [3.8, 4) is 17.1 Å². The van der Waals surface area contributed by atoms with Gasteiger partial charge in [-0.2, -0.15) is 0 Å². The maximum atomic E-state index is 11.2. The summed E-state index contributed by atoms with van der Waals surface area (Å²) in [6.45, 7) is 0. The van der Waals surface area contributed by atoms with Gasteiger partial charge in [0.2, 0.25) is 11.0 Å². The first-order valence-corrected chi connectivity index (χ1v) is 10.2. The summed E-state index contributed by atoms with van der Waals surface area (Å²) in [5.74, 6) is -0.215. The van der Waals surface area contributed by atoms with Crippen LogP contribution < -0.4 is 29.0 Å². The van der Waals surface area contributed by atoms with E-state index in [1.807, 2.05) is 36.4 Å². The number of aromatic hydroxyl groups is 1. The molecule has 0 saturated carbocycles. The summed E-state index contributed by atoms with van der Waals surface area (Å²) < 4.78 is 40.0. The molecule has 4 rings (SSSR count). The second-order valence-corrected chi connectivity index (χ2v) is 7.22. The van der Waals surface area contributed by atoms with Gasteiger partial charge in [0.05, 0.1) is 17.0 Å². The van der Waals surface area contributed by atoms with E-state index < -0.39 is 16.2 Å². The van der Waals surface area contributed by atoms with E-state index in [9.17, 15) is 15.0 Å². The molecule has 0 unspecified atom stereocenters. The van der Waals surface area contributed by atoms with Crippen LogP contribution in [-0.4, -0.2) is 16.2 Å². The molecule has 3 aromatic carbocycles. The average Bonchev–Trinajstić information content (AvgIpc) is 2.73. The third-order valence-corrected chi connectivity index (χ3v) is 4.20. The fourth-order valence-corrected chi connectivity index (χ4v) is 2.91. The van der Waals surface area contributed by atoms with Crippen LogP contribution in [0.15, 0.2) is 83.3 Å². The number of phenolic OH excluding ortho intramolecular Hbond substituents is 1. The number of hydrogen-bond donors (Lipinski definition) is 3. The highest BCUT2D eigenvalue weighted by Gasteiger charge is 2.11. The maximum Gasteiger partial charge on any atom is 0.335 e. The standard InChI is InChI=1S/C22H15NO4.ClHO4/c24-17-9-10-20-18(12-17)19(13-21(27-20)14-5-2-1-3-6-14)23-16-8-4-7-15(11-16)22(25)26;2-1(3,4)5/h1-13,24H,(H,25,26);(H,2,3,4,5). The molecule has 32 heavy (non-hydrogen) atoms. The molecule has 0 amide bonds. The molecule has 0 aliphatic heterocycles. The second kappa shape index (κ2) is 9.60. The molecule has 4 aromatic rings. The van der Waals surface area contributed by atoms with Crippen molar-refractivity contribution in [3.63, 3.8) is 0 Å². The minimum absolute atomic E-state index is 0.118. The SMILES string of the molecule is O=C(O)c1cccc([NH+]=c2cc(-c3ccccc3)oc3ccc(O)cc23)c1.[O-][Cl+3]([O-])([O-])[O-]. The Labute approximate surface area is 183 Å². The van der Waals surface area contributed by atoms with Crippen LogP contribution in [-0.2, 0) is 0 Å². The van der Waals surface area contributed by atoms with Gasteiger partial charge in [-0.15, -0.1) is 10.2 Å². The van der Waals surface area contributed by atoms with Crippen LogP contribution in [0.4, 0.5) is 5.69 Å². The number of fused-ring (bicyclic) bond motifs is 1. The van der Waals surface area contributed by atoms with Crippen molar-refractivity contribution in [1.29, 1.82) is 0 Å². The van der Waals surface area contributed by atoms with Crippen molar-refractivity contribution >= 4 is 22.6 Å². The van der Waals surface area contributed by atoms with Gasteiger partial charge in [0, 0.05) is 17.7 Å². The topological polar surface area (TPSA) is 177 Å². The van der Waals surface area contributed by atoms with E-state index in [0.29, 0.717) is 27.8 Å². The summed E-state index contributed by atoms with van der Waals surface area (Å²) in [6.07, 6.45) is 0. The van der Waals surface area contributed by atoms with E-state index in [1.165, 1.54) is 6.07 Å². The molecular formula is C22H16ClNO8. The van der Waals surface area contributed by atoms with Gasteiger partial charge in [0.1, 0.15) is 17.1 Å². The number of carboxylic acid groups (broad SMARTS) is 1. The van der Waals surface area contributed by atoms with Crippen LogP contribution in [0, 0.1) is 10.2 Å². The smallest absolute Gasteiger partial charge is 0.335 e. The highest BCUT2D eigenvalue weighted by Crippen LogP contribution is 2.23. The van der Waals surface area contributed by atoms with Crippen LogP contribution >= 0.6 is 0 Å². The molecule has 3 N–H and O–H groups in total. The lowest BCUT2D eigenvalue weighted by molar-refractivity contribution is -2.00. The molecule has 0 saturated heterocycles. The summed E-state index contributed by atoms with van der Waals surface area (Å²) in [6, 6.07) is 22.9. The van der Waals surface area contributed by atoms with Gasteiger partial charge in [-0.05, 0) is 24.3 Å². The van der Waals surface area contributed by atoms with Gasteiger partial charge >= 0.3 is 5.97 Å². The van der Waals surface area contributed by atoms with Crippen LogP contribution in [0.2, 0.25) is 0 Å². The average molecular weight is 458 g/mol. The molecule has 0 radical (unpaired) electrons. The summed E-state index contributed by atoms with van der Waals surface area (Å²) in [5.41, 5.74) is 2.33. The van der Waals surface area contributed by atoms with Crippen molar-refractivity contribution in [3.05, 3.63) is 89.8 Å². The highest BCUT2D eigenvalue weighted by molar-refractivity contribution is 5.88. The summed E-state index contributed by atoms with van der Waals surface area (Å²) in [7, 11) is -4.94. The Hall–Kier alpha value is -3.73. The largest absolute Gasteiger partial charge is 0.508 e. The molecule has 0 fully saturated rings. The first-order valence-electron chi connectivity index (χ1n) is 8.97. The number of carboxylic acids is 1. The number of phenols is 1. The number of nitrogens with one attached hydrogen (secondary N) is 1. The molecule has 0 atom stereocenters. The number of halogens is 1. The quantitative estimate of drug-likeness (QED) is 0.318. The lowest BCUT2D eigenvalue weighted by Gasteiger charge is -2.17. The molecule has 1 aromatic heterocycles.